The smallest absolute Gasteiger partial charge is 0.251 e. The predicted octanol–water partition coefficient (Wildman–Crippen LogP) is 3.55. The maximum atomic E-state index is 12.2. The molecule has 2 aromatic rings. The Balaban J connectivity index is 1.62. The van der Waals surface area contributed by atoms with E-state index in [2.05, 4.69) is 15.6 Å². The number of anilines is 1. The summed E-state index contributed by atoms with van der Waals surface area (Å²) in [5, 5.41) is 5.84. The van der Waals surface area contributed by atoms with Crippen molar-refractivity contribution in [1.82, 2.24) is 10.3 Å². The van der Waals surface area contributed by atoms with Gasteiger partial charge in [-0.15, -0.1) is 0 Å². The third kappa shape index (κ3) is 4.57. The van der Waals surface area contributed by atoms with Gasteiger partial charge in [0.2, 0.25) is 5.91 Å². The van der Waals surface area contributed by atoms with E-state index >= 15 is 0 Å². The molecule has 26 heavy (non-hydrogen) atoms. The summed E-state index contributed by atoms with van der Waals surface area (Å²) in [6.45, 7) is 5.76. The van der Waals surface area contributed by atoms with Gasteiger partial charge in [-0.25, -0.2) is 0 Å². The lowest BCUT2D eigenvalue weighted by molar-refractivity contribution is -0.111. The fourth-order valence-corrected chi connectivity index (χ4v) is 2.79. The van der Waals surface area contributed by atoms with E-state index in [9.17, 15) is 9.59 Å². The number of carbonyl (C=O) groups excluding carboxylic acids is 2. The minimum absolute atomic E-state index is 0.0430. The lowest BCUT2D eigenvalue weighted by atomic mass is 10.1. The van der Waals surface area contributed by atoms with Crippen LogP contribution >= 0.6 is 0 Å². The maximum absolute atomic E-state index is 12.2. The summed E-state index contributed by atoms with van der Waals surface area (Å²) in [4.78, 5) is 28.5. The van der Waals surface area contributed by atoms with Crippen LogP contribution in [0.2, 0.25) is 0 Å². The van der Waals surface area contributed by atoms with Crippen LogP contribution < -0.4 is 10.6 Å². The molecule has 2 amide bonds. The molecule has 1 aliphatic carbocycles. The lowest BCUT2D eigenvalue weighted by Crippen LogP contribution is -2.25. The van der Waals surface area contributed by atoms with Crippen molar-refractivity contribution in [2.24, 2.45) is 0 Å². The molecule has 0 aliphatic heterocycles. The summed E-state index contributed by atoms with van der Waals surface area (Å²) >= 11 is 0. The number of aromatic nitrogens is 1. The van der Waals surface area contributed by atoms with Crippen molar-refractivity contribution >= 4 is 23.6 Å². The van der Waals surface area contributed by atoms with Gasteiger partial charge in [0, 0.05) is 23.4 Å². The highest BCUT2D eigenvalue weighted by molar-refractivity contribution is 6.02. The maximum Gasteiger partial charge on any atom is 0.251 e. The number of nitrogens with one attached hydrogen (secondary N) is 2. The molecule has 1 fully saturated rings. The first-order chi connectivity index (χ1) is 12.4. The highest BCUT2D eigenvalue weighted by atomic mass is 16.2. The highest BCUT2D eigenvalue weighted by Gasteiger charge is 2.23. The molecule has 134 valence electrons. The molecule has 1 heterocycles. The van der Waals surface area contributed by atoms with Gasteiger partial charge in [-0.1, -0.05) is 12.1 Å². The first-order valence-corrected chi connectivity index (χ1v) is 8.77. The second kappa shape index (κ2) is 7.52. The zero-order valence-electron chi connectivity index (χ0n) is 15.3. The molecule has 0 spiro atoms. The van der Waals surface area contributed by atoms with Crippen LogP contribution in [0.1, 0.15) is 45.7 Å². The van der Waals surface area contributed by atoms with Crippen LogP contribution in [0.5, 0.6) is 0 Å². The summed E-state index contributed by atoms with van der Waals surface area (Å²) in [5.74, 6) is -0.254. The molecule has 1 saturated carbocycles. The first-order valence-electron chi connectivity index (χ1n) is 8.77. The molecule has 3 rings (SSSR count). The molecule has 0 atom stereocenters. The second-order valence-electron chi connectivity index (χ2n) is 6.73. The number of rotatable bonds is 5. The van der Waals surface area contributed by atoms with Crippen LogP contribution in [0.25, 0.3) is 6.08 Å². The van der Waals surface area contributed by atoms with Crippen molar-refractivity contribution in [2.75, 3.05) is 5.32 Å². The van der Waals surface area contributed by atoms with E-state index in [0.29, 0.717) is 11.6 Å². The van der Waals surface area contributed by atoms with Crippen molar-refractivity contribution in [1.29, 1.82) is 0 Å². The van der Waals surface area contributed by atoms with E-state index in [0.717, 1.165) is 41.0 Å². The number of hydrogen-bond acceptors (Lipinski definition) is 3. The Morgan fingerprint density at radius 3 is 2.42 bits per heavy atom. The van der Waals surface area contributed by atoms with Gasteiger partial charge in [0.1, 0.15) is 0 Å². The van der Waals surface area contributed by atoms with Gasteiger partial charge in [0.25, 0.3) is 5.91 Å². The predicted molar refractivity (Wildman–Crippen MR) is 103 cm³/mol. The zero-order valence-corrected chi connectivity index (χ0v) is 15.3. The number of aryl methyl sites for hydroxylation is 3. The summed E-state index contributed by atoms with van der Waals surface area (Å²) in [7, 11) is 0. The average Bonchev–Trinajstić information content (AvgIpc) is 3.40. The Labute approximate surface area is 153 Å². The second-order valence-corrected chi connectivity index (χ2v) is 6.73. The highest BCUT2D eigenvalue weighted by Crippen LogP contribution is 2.20. The third-order valence-electron chi connectivity index (χ3n) is 4.29. The minimum Gasteiger partial charge on any atom is -0.349 e. The van der Waals surface area contributed by atoms with Crippen LogP contribution in [0, 0.1) is 20.8 Å². The first kappa shape index (κ1) is 17.9. The summed E-state index contributed by atoms with van der Waals surface area (Å²) in [5.41, 5.74) is 4.96. The average molecular weight is 349 g/mol. The standard InChI is InChI=1S/C21H23N3O2/c1-13-12-14(2)22-15(3)20(13)24-19(25)11-6-16-4-7-17(8-5-16)21(26)23-18-9-10-18/h4-8,11-12,18H,9-10H2,1-3H3,(H,23,26)(H,24,25)/b11-6+. The van der Waals surface area contributed by atoms with Crippen molar-refractivity contribution in [3.63, 3.8) is 0 Å². The summed E-state index contributed by atoms with van der Waals surface area (Å²) in [6.07, 6.45) is 5.34. The fraction of sp³-hybridized carbons (Fsp3) is 0.286. The summed E-state index contributed by atoms with van der Waals surface area (Å²) in [6, 6.07) is 9.48. The molecular formula is C21H23N3O2. The van der Waals surface area contributed by atoms with E-state index in [1.807, 2.05) is 39.0 Å². The molecule has 0 saturated heterocycles. The van der Waals surface area contributed by atoms with E-state index in [1.54, 1.807) is 18.2 Å². The molecule has 0 radical (unpaired) electrons. The van der Waals surface area contributed by atoms with Crippen LogP contribution in [0.3, 0.4) is 0 Å². The molecule has 0 bridgehead atoms. The van der Waals surface area contributed by atoms with E-state index in [-0.39, 0.29) is 11.8 Å². The number of nitrogens with zero attached hydrogens (tertiary/aromatic N) is 1. The number of amides is 2. The fourth-order valence-electron chi connectivity index (χ4n) is 2.79. The third-order valence-corrected chi connectivity index (χ3v) is 4.29. The van der Waals surface area contributed by atoms with E-state index in [4.69, 9.17) is 0 Å². The van der Waals surface area contributed by atoms with Gasteiger partial charge in [0.05, 0.1) is 11.4 Å². The quantitative estimate of drug-likeness (QED) is 0.811. The SMILES string of the molecule is Cc1cc(C)c(NC(=O)/C=C/c2ccc(C(=O)NC3CC3)cc2)c(C)n1. The molecule has 1 aromatic carbocycles. The lowest BCUT2D eigenvalue weighted by Gasteiger charge is -2.10. The van der Waals surface area contributed by atoms with Gasteiger partial charge in [-0.05, 0) is 69.0 Å². The Morgan fingerprint density at radius 2 is 1.81 bits per heavy atom. The molecule has 5 nitrogen and oxygen atoms in total. The Bertz CT molecular complexity index is 842. The van der Waals surface area contributed by atoms with E-state index < -0.39 is 0 Å². The van der Waals surface area contributed by atoms with Crippen LogP contribution in [0.4, 0.5) is 5.69 Å². The normalized spacial score (nSPS) is 13.7. The largest absolute Gasteiger partial charge is 0.349 e. The Kier molecular flexibility index (Phi) is 5.16. The molecule has 1 aliphatic rings. The molecule has 2 N–H and O–H groups in total. The van der Waals surface area contributed by atoms with Crippen molar-refractivity contribution in [3.05, 3.63) is 64.5 Å². The zero-order chi connectivity index (χ0) is 18.7. The summed E-state index contributed by atoms with van der Waals surface area (Å²) < 4.78 is 0. The Morgan fingerprint density at radius 1 is 1.12 bits per heavy atom. The number of pyridine rings is 1. The Hall–Kier alpha value is -2.95. The minimum atomic E-state index is -0.211. The van der Waals surface area contributed by atoms with Crippen molar-refractivity contribution < 1.29 is 9.59 Å². The van der Waals surface area contributed by atoms with Gasteiger partial charge >= 0.3 is 0 Å². The molecular weight excluding hydrogens is 326 g/mol. The van der Waals surface area contributed by atoms with Gasteiger partial charge in [0.15, 0.2) is 0 Å². The van der Waals surface area contributed by atoms with Crippen LogP contribution in [-0.2, 0) is 4.79 Å². The molecule has 0 unspecified atom stereocenters. The topological polar surface area (TPSA) is 71.1 Å². The molecule has 5 heteroatoms. The van der Waals surface area contributed by atoms with Crippen molar-refractivity contribution in [3.8, 4) is 0 Å². The van der Waals surface area contributed by atoms with Gasteiger partial charge in [-0.2, -0.15) is 0 Å². The number of hydrogen-bond donors (Lipinski definition) is 2. The molecule has 1 aromatic heterocycles. The van der Waals surface area contributed by atoms with Crippen LogP contribution in [0.15, 0.2) is 36.4 Å². The van der Waals surface area contributed by atoms with Gasteiger partial charge in [-0.3, -0.25) is 14.6 Å². The van der Waals surface area contributed by atoms with Gasteiger partial charge < -0.3 is 10.6 Å². The number of benzene rings is 1. The van der Waals surface area contributed by atoms with Crippen LogP contribution in [-0.4, -0.2) is 22.8 Å². The monoisotopic (exact) mass is 349 g/mol. The van der Waals surface area contributed by atoms with Crippen molar-refractivity contribution in [2.45, 2.75) is 39.7 Å². The van der Waals surface area contributed by atoms with E-state index in [1.165, 1.54) is 6.08 Å². The number of carbonyl (C=O) groups is 2.